The number of benzene rings is 1. The van der Waals surface area contributed by atoms with Crippen LogP contribution in [-0.4, -0.2) is 21.8 Å². The van der Waals surface area contributed by atoms with E-state index in [0.29, 0.717) is 5.69 Å². The topological polar surface area (TPSA) is 70.1 Å². The minimum absolute atomic E-state index is 0.0798. The molecule has 0 unspecified atom stereocenters. The molecule has 0 atom stereocenters. The van der Waals surface area contributed by atoms with Crippen molar-refractivity contribution in [3.8, 4) is 0 Å². The molecule has 1 amide bonds. The van der Waals surface area contributed by atoms with E-state index < -0.39 is 0 Å². The van der Waals surface area contributed by atoms with Crippen molar-refractivity contribution in [2.45, 2.75) is 65.7 Å². The van der Waals surface area contributed by atoms with Crippen LogP contribution in [0.1, 0.15) is 81.2 Å². The fourth-order valence-corrected chi connectivity index (χ4v) is 2.57. The number of nitrogens with zero attached hydrogens (tertiary/aromatic N) is 2. The highest BCUT2D eigenvalue weighted by Gasteiger charge is 2.19. The zero-order valence-electron chi connectivity index (χ0n) is 16.5. The molecule has 1 aromatic heterocycles. The molecular weight excluding hydrogens is 324 g/mol. The van der Waals surface area contributed by atoms with Gasteiger partial charge in [0.05, 0.1) is 5.71 Å². The van der Waals surface area contributed by atoms with E-state index in [4.69, 9.17) is 0 Å². The zero-order valence-corrected chi connectivity index (χ0v) is 16.5. The number of amides is 1. The van der Waals surface area contributed by atoms with Gasteiger partial charge in [-0.05, 0) is 37.0 Å². The van der Waals surface area contributed by atoms with Gasteiger partial charge in [-0.3, -0.25) is 9.89 Å². The highest BCUT2D eigenvalue weighted by Crippen LogP contribution is 2.20. The van der Waals surface area contributed by atoms with Crippen molar-refractivity contribution in [2.24, 2.45) is 5.10 Å². The van der Waals surface area contributed by atoms with Crippen molar-refractivity contribution < 1.29 is 4.79 Å². The van der Waals surface area contributed by atoms with E-state index in [0.717, 1.165) is 23.4 Å². The predicted octanol–water partition coefficient (Wildman–Crippen LogP) is 4.59. The summed E-state index contributed by atoms with van der Waals surface area (Å²) in [4.78, 5) is 12.2. The van der Waals surface area contributed by atoms with Gasteiger partial charge in [0.1, 0.15) is 0 Å². The maximum atomic E-state index is 12.2. The van der Waals surface area contributed by atoms with E-state index in [1.807, 2.05) is 6.92 Å². The highest BCUT2D eigenvalue weighted by atomic mass is 16.2. The largest absolute Gasteiger partial charge is 0.291 e. The number of hydrazone groups is 1. The lowest BCUT2D eigenvalue weighted by molar-refractivity contribution is 0.0950. The average molecular weight is 354 g/mol. The van der Waals surface area contributed by atoms with Crippen molar-refractivity contribution in [1.29, 1.82) is 0 Å². The summed E-state index contributed by atoms with van der Waals surface area (Å²) in [5.41, 5.74) is 6.88. The Bertz CT molecular complexity index is 751. The van der Waals surface area contributed by atoms with E-state index in [-0.39, 0.29) is 11.3 Å². The number of nitrogens with one attached hydrogen (secondary N) is 2. The monoisotopic (exact) mass is 354 g/mol. The lowest BCUT2D eigenvalue weighted by Gasteiger charge is -2.14. The van der Waals surface area contributed by atoms with Gasteiger partial charge in [0.25, 0.3) is 5.91 Å². The SMILES string of the molecule is CCCCCc1ccc(C(C)=NNC(=O)c2cc(C(C)(C)C)[nH]n2)cc1. The van der Waals surface area contributed by atoms with E-state index in [2.05, 4.69) is 72.7 Å². The molecule has 0 saturated carbocycles. The Morgan fingerprint density at radius 2 is 1.88 bits per heavy atom. The summed E-state index contributed by atoms with van der Waals surface area (Å²) >= 11 is 0. The molecule has 2 N–H and O–H groups in total. The number of aryl methyl sites for hydroxylation is 1. The third-order valence-corrected chi connectivity index (χ3v) is 4.38. The van der Waals surface area contributed by atoms with Crippen LogP contribution in [0.15, 0.2) is 35.4 Å². The van der Waals surface area contributed by atoms with Crippen LogP contribution in [0.4, 0.5) is 0 Å². The number of hydrogen-bond donors (Lipinski definition) is 2. The normalized spacial score (nSPS) is 12.3. The van der Waals surface area contributed by atoms with Crippen molar-refractivity contribution in [3.63, 3.8) is 0 Å². The third-order valence-electron chi connectivity index (χ3n) is 4.38. The molecule has 0 aliphatic heterocycles. The Morgan fingerprint density at radius 3 is 2.46 bits per heavy atom. The number of unbranched alkanes of at least 4 members (excludes halogenated alkanes) is 2. The first kappa shape index (κ1) is 19.9. The van der Waals surface area contributed by atoms with Gasteiger partial charge in [-0.1, -0.05) is 64.8 Å². The van der Waals surface area contributed by atoms with Gasteiger partial charge >= 0.3 is 0 Å². The lowest BCUT2D eigenvalue weighted by atomic mass is 9.92. The molecule has 0 spiro atoms. The van der Waals surface area contributed by atoms with Crippen molar-refractivity contribution in [2.75, 3.05) is 0 Å². The second kappa shape index (κ2) is 8.79. The summed E-state index contributed by atoms with van der Waals surface area (Å²) in [6, 6.07) is 10.1. The Kier molecular flexibility index (Phi) is 6.72. The van der Waals surface area contributed by atoms with Crippen LogP contribution in [-0.2, 0) is 11.8 Å². The van der Waals surface area contributed by atoms with Crippen LogP contribution in [0, 0.1) is 0 Å². The van der Waals surface area contributed by atoms with Gasteiger partial charge in [-0.25, -0.2) is 5.43 Å². The molecule has 5 nitrogen and oxygen atoms in total. The second-order valence-corrected chi connectivity index (χ2v) is 7.71. The molecule has 5 heteroatoms. The number of aromatic amines is 1. The van der Waals surface area contributed by atoms with Gasteiger partial charge in [-0.2, -0.15) is 10.2 Å². The quantitative estimate of drug-likeness (QED) is 0.433. The average Bonchev–Trinajstić information content (AvgIpc) is 3.11. The molecule has 2 aromatic rings. The van der Waals surface area contributed by atoms with Crippen molar-refractivity contribution in [3.05, 3.63) is 52.8 Å². The Morgan fingerprint density at radius 1 is 1.19 bits per heavy atom. The van der Waals surface area contributed by atoms with Crippen LogP contribution >= 0.6 is 0 Å². The summed E-state index contributed by atoms with van der Waals surface area (Å²) in [7, 11) is 0. The van der Waals surface area contributed by atoms with E-state index in [1.54, 1.807) is 6.07 Å². The van der Waals surface area contributed by atoms with Crippen LogP contribution in [0.2, 0.25) is 0 Å². The smallest absolute Gasteiger partial charge is 0.281 e. The molecular formula is C21H30N4O. The highest BCUT2D eigenvalue weighted by molar-refractivity contribution is 6.00. The molecule has 0 aliphatic rings. The number of rotatable bonds is 7. The van der Waals surface area contributed by atoms with Crippen molar-refractivity contribution in [1.82, 2.24) is 15.6 Å². The molecule has 0 fully saturated rings. The molecule has 0 bridgehead atoms. The first-order valence-electron chi connectivity index (χ1n) is 9.31. The number of carbonyl (C=O) groups excluding carboxylic acids is 1. The van der Waals surface area contributed by atoms with Crippen LogP contribution in [0.25, 0.3) is 0 Å². The minimum atomic E-state index is -0.313. The van der Waals surface area contributed by atoms with Crippen LogP contribution in [0.5, 0.6) is 0 Å². The fraction of sp³-hybridized carbons (Fsp3) is 0.476. The number of hydrogen-bond acceptors (Lipinski definition) is 3. The lowest BCUT2D eigenvalue weighted by Crippen LogP contribution is -2.19. The second-order valence-electron chi connectivity index (χ2n) is 7.71. The van der Waals surface area contributed by atoms with Gasteiger partial charge < -0.3 is 0 Å². The molecule has 26 heavy (non-hydrogen) atoms. The Hall–Kier alpha value is -2.43. The maximum absolute atomic E-state index is 12.2. The third kappa shape index (κ3) is 5.55. The summed E-state index contributed by atoms with van der Waals surface area (Å²) in [6.07, 6.45) is 4.82. The first-order chi connectivity index (χ1) is 12.3. The summed E-state index contributed by atoms with van der Waals surface area (Å²) < 4.78 is 0. The standard InChI is InChI=1S/C21H30N4O/c1-6-7-8-9-16-10-12-17(13-11-16)15(2)22-25-20(26)18-14-19(24-23-18)21(3,4)5/h10-14H,6-9H2,1-5H3,(H,23,24)(H,25,26). The number of aromatic nitrogens is 2. The van der Waals surface area contributed by atoms with Crippen molar-refractivity contribution >= 4 is 11.6 Å². The zero-order chi connectivity index (χ0) is 19.2. The number of H-pyrrole nitrogens is 1. The summed E-state index contributed by atoms with van der Waals surface area (Å²) in [5.74, 6) is -0.313. The summed E-state index contributed by atoms with van der Waals surface area (Å²) in [5, 5.41) is 11.2. The molecule has 1 aromatic carbocycles. The molecule has 140 valence electrons. The number of carbonyl (C=O) groups is 1. The molecule has 1 heterocycles. The van der Waals surface area contributed by atoms with E-state index in [9.17, 15) is 4.79 Å². The van der Waals surface area contributed by atoms with E-state index in [1.165, 1.54) is 24.8 Å². The van der Waals surface area contributed by atoms with E-state index >= 15 is 0 Å². The van der Waals surface area contributed by atoms with Crippen LogP contribution in [0.3, 0.4) is 0 Å². The van der Waals surface area contributed by atoms with Gasteiger partial charge in [0, 0.05) is 11.1 Å². The van der Waals surface area contributed by atoms with Gasteiger partial charge in [0.15, 0.2) is 5.69 Å². The predicted molar refractivity (Wildman–Crippen MR) is 107 cm³/mol. The summed E-state index contributed by atoms with van der Waals surface area (Å²) in [6.45, 7) is 10.3. The Balaban J connectivity index is 1.96. The Labute approximate surface area is 156 Å². The molecule has 0 aliphatic carbocycles. The van der Waals surface area contributed by atoms with Gasteiger partial charge in [0.2, 0.25) is 0 Å². The van der Waals surface area contributed by atoms with Gasteiger partial charge in [-0.15, -0.1) is 0 Å². The minimum Gasteiger partial charge on any atom is -0.281 e. The first-order valence-corrected chi connectivity index (χ1v) is 9.31. The van der Waals surface area contributed by atoms with Crippen LogP contribution < -0.4 is 5.43 Å². The molecule has 0 saturated heterocycles. The molecule has 0 radical (unpaired) electrons. The maximum Gasteiger partial charge on any atom is 0.291 e. The molecule has 2 rings (SSSR count). The fourth-order valence-electron chi connectivity index (χ4n) is 2.57.